The molecular formula is C21H16N4O5. The van der Waals surface area contributed by atoms with E-state index in [4.69, 9.17) is 0 Å². The van der Waals surface area contributed by atoms with Crippen LogP contribution in [-0.4, -0.2) is 39.8 Å². The van der Waals surface area contributed by atoms with Crippen LogP contribution in [-0.2, 0) is 14.4 Å². The lowest BCUT2D eigenvalue weighted by Crippen LogP contribution is -2.43. The van der Waals surface area contributed by atoms with Crippen molar-refractivity contribution in [3.63, 3.8) is 0 Å². The van der Waals surface area contributed by atoms with Crippen molar-refractivity contribution in [2.75, 3.05) is 4.90 Å². The van der Waals surface area contributed by atoms with Crippen LogP contribution < -0.4 is 4.90 Å². The van der Waals surface area contributed by atoms with Gasteiger partial charge in [0.2, 0.25) is 11.8 Å². The van der Waals surface area contributed by atoms with Gasteiger partial charge in [0.25, 0.3) is 5.69 Å². The maximum atomic E-state index is 13.4. The predicted octanol–water partition coefficient (Wildman–Crippen LogP) is 2.06. The summed E-state index contributed by atoms with van der Waals surface area (Å²) in [6, 6.07) is 11.4. The van der Waals surface area contributed by atoms with Crippen LogP contribution in [0.25, 0.3) is 0 Å². The van der Waals surface area contributed by atoms with E-state index in [2.05, 4.69) is 5.10 Å². The van der Waals surface area contributed by atoms with Crippen molar-refractivity contribution in [3.8, 4) is 0 Å². The highest BCUT2D eigenvalue weighted by atomic mass is 16.6. The van der Waals surface area contributed by atoms with E-state index in [1.165, 1.54) is 31.2 Å². The monoisotopic (exact) mass is 404 g/mol. The molecule has 30 heavy (non-hydrogen) atoms. The summed E-state index contributed by atoms with van der Waals surface area (Å²) >= 11 is 0. The van der Waals surface area contributed by atoms with E-state index < -0.39 is 40.7 Å². The molecule has 9 nitrogen and oxygen atoms in total. The fraction of sp³-hybridized carbons (Fsp3) is 0.238. The van der Waals surface area contributed by atoms with Crippen molar-refractivity contribution in [1.82, 2.24) is 5.01 Å². The molecule has 2 aromatic carbocycles. The van der Waals surface area contributed by atoms with E-state index in [0.717, 1.165) is 16.0 Å². The second kappa shape index (κ2) is 6.31. The first-order valence-corrected chi connectivity index (χ1v) is 9.44. The zero-order valence-electron chi connectivity index (χ0n) is 15.8. The number of carbonyl (C=O) groups is 3. The highest BCUT2D eigenvalue weighted by Gasteiger charge is 2.64. The molecule has 0 spiro atoms. The van der Waals surface area contributed by atoms with E-state index in [-0.39, 0.29) is 17.2 Å². The Hall–Kier alpha value is -3.88. The fourth-order valence-electron chi connectivity index (χ4n) is 4.80. The number of non-ortho nitro benzene ring substituents is 1. The minimum Gasteiger partial charge on any atom is -0.298 e. The van der Waals surface area contributed by atoms with Crippen LogP contribution in [0.5, 0.6) is 0 Å². The lowest BCUT2D eigenvalue weighted by molar-refractivity contribution is -0.384. The van der Waals surface area contributed by atoms with Crippen LogP contribution in [0.1, 0.15) is 24.1 Å². The molecule has 5 rings (SSSR count). The molecule has 0 N–H and O–H groups in total. The normalized spacial score (nSPS) is 26.4. The van der Waals surface area contributed by atoms with Gasteiger partial charge < -0.3 is 0 Å². The van der Waals surface area contributed by atoms with Gasteiger partial charge in [-0.05, 0) is 30.2 Å². The predicted molar refractivity (Wildman–Crippen MR) is 106 cm³/mol. The Labute approximate surface area is 170 Å². The Morgan fingerprint density at radius 3 is 2.37 bits per heavy atom. The fourth-order valence-corrected chi connectivity index (χ4v) is 4.80. The summed E-state index contributed by atoms with van der Waals surface area (Å²) < 4.78 is 0. The Kier molecular flexibility index (Phi) is 3.82. The minimum absolute atomic E-state index is 0.138. The second-order valence-corrected chi connectivity index (χ2v) is 7.59. The van der Waals surface area contributed by atoms with Gasteiger partial charge in [0, 0.05) is 12.1 Å². The Morgan fingerprint density at radius 2 is 1.70 bits per heavy atom. The highest BCUT2D eigenvalue weighted by molar-refractivity contribution is 6.24. The molecule has 2 aromatic rings. The summed E-state index contributed by atoms with van der Waals surface area (Å²) in [6.07, 6.45) is 1.64. The molecule has 150 valence electrons. The maximum absolute atomic E-state index is 13.4. The number of anilines is 1. The Balaban J connectivity index is 1.60. The van der Waals surface area contributed by atoms with Crippen LogP contribution in [0.2, 0.25) is 0 Å². The zero-order chi connectivity index (χ0) is 21.2. The highest BCUT2D eigenvalue weighted by Crippen LogP contribution is 2.52. The topological polar surface area (TPSA) is 113 Å². The van der Waals surface area contributed by atoms with Crippen molar-refractivity contribution in [3.05, 3.63) is 69.8 Å². The summed E-state index contributed by atoms with van der Waals surface area (Å²) in [4.78, 5) is 50.7. The summed E-state index contributed by atoms with van der Waals surface area (Å²) in [6.45, 7) is 1.40. The number of fused-ring (bicyclic) bond motifs is 5. The molecule has 0 bridgehead atoms. The van der Waals surface area contributed by atoms with Crippen molar-refractivity contribution in [2.45, 2.75) is 19.0 Å². The van der Waals surface area contributed by atoms with E-state index in [9.17, 15) is 24.5 Å². The molecule has 0 saturated carbocycles. The van der Waals surface area contributed by atoms with Gasteiger partial charge in [0.15, 0.2) is 5.78 Å². The first-order valence-electron chi connectivity index (χ1n) is 9.44. The first-order chi connectivity index (χ1) is 14.4. The molecule has 0 aromatic heterocycles. The summed E-state index contributed by atoms with van der Waals surface area (Å²) in [7, 11) is 0. The maximum Gasteiger partial charge on any atom is 0.269 e. The van der Waals surface area contributed by atoms with Crippen molar-refractivity contribution in [2.24, 2.45) is 16.9 Å². The number of hydrazone groups is 1. The van der Waals surface area contributed by atoms with Gasteiger partial charge in [-0.3, -0.25) is 29.5 Å². The summed E-state index contributed by atoms with van der Waals surface area (Å²) in [5, 5.41) is 16.9. The molecule has 2 amide bonds. The van der Waals surface area contributed by atoms with Gasteiger partial charge in [-0.25, -0.2) is 4.90 Å². The Morgan fingerprint density at radius 1 is 1.03 bits per heavy atom. The van der Waals surface area contributed by atoms with Crippen molar-refractivity contribution in [1.29, 1.82) is 0 Å². The molecule has 3 aliphatic heterocycles. The number of nitrogens with zero attached hydrogens (tertiary/aromatic N) is 4. The summed E-state index contributed by atoms with van der Waals surface area (Å²) in [5.74, 6) is -2.78. The summed E-state index contributed by atoms with van der Waals surface area (Å²) in [5.41, 5.74) is 1.81. The number of amides is 2. The van der Waals surface area contributed by atoms with Crippen LogP contribution in [0.3, 0.4) is 0 Å². The smallest absolute Gasteiger partial charge is 0.269 e. The number of ketones is 1. The number of benzene rings is 2. The van der Waals surface area contributed by atoms with E-state index in [1.807, 2.05) is 24.3 Å². The molecule has 0 radical (unpaired) electrons. The average Bonchev–Trinajstić information content (AvgIpc) is 3.21. The number of nitro groups is 1. The molecule has 9 heteroatoms. The average molecular weight is 404 g/mol. The third-order valence-corrected chi connectivity index (χ3v) is 6.03. The molecule has 3 heterocycles. The molecule has 4 atom stereocenters. The molecule has 0 aliphatic carbocycles. The van der Waals surface area contributed by atoms with Crippen molar-refractivity contribution >= 4 is 35.2 Å². The van der Waals surface area contributed by atoms with Crippen LogP contribution in [0, 0.1) is 22.0 Å². The van der Waals surface area contributed by atoms with E-state index >= 15 is 0 Å². The lowest BCUT2D eigenvalue weighted by Gasteiger charge is -2.33. The minimum atomic E-state index is -0.863. The first kappa shape index (κ1) is 18.2. The third kappa shape index (κ3) is 2.35. The van der Waals surface area contributed by atoms with Gasteiger partial charge in [-0.15, -0.1) is 0 Å². The number of carbonyl (C=O) groups excluding carboxylic acids is 3. The Bertz CT molecular complexity index is 1140. The van der Waals surface area contributed by atoms with Gasteiger partial charge in [0.1, 0.15) is 6.04 Å². The van der Waals surface area contributed by atoms with Crippen LogP contribution in [0.15, 0.2) is 53.6 Å². The van der Waals surface area contributed by atoms with Gasteiger partial charge in [-0.2, -0.15) is 5.10 Å². The molecule has 2 saturated heterocycles. The number of hydrogen-bond acceptors (Lipinski definition) is 7. The second-order valence-electron chi connectivity index (χ2n) is 7.59. The lowest BCUT2D eigenvalue weighted by atomic mass is 9.84. The van der Waals surface area contributed by atoms with Gasteiger partial charge >= 0.3 is 0 Å². The largest absolute Gasteiger partial charge is 0.298 e. The molecule has 2 fully saturated rings. The third-order valence-electron chi connectivity index (χ3n) is 6.03. The van der Waals surface area contributed by atoms with E-state index in [1.54, 1.807) is 11.2 Å². The van der Waals surface area contributed by atoms with Crippen LogP contribution >= 0.6 is 0 Å². The quantitative estimate of drug-likeness (QED) is 0.440. The number of rotatable bonds is 3. The molecular weight excluding hydrogens is 388 g/mol. The van der Waals surface area contributed by atoms with Crippen LogP contribution in [0.4, 0.5) is 11.4 Å². The standard InChI is InChI=1S/C21H16N4O5/c1-11(26)18-16-17(19-15-5-3-2-4-12(15)10-22-24(18)19)21(28)23(20(16)27)13-6-8-14(9-7-13)25(29)30/h2-10,16-19H,1H3/t16-,17-,18-,19+/m1/s1. The number of imide groups is 1. The van der Waals surface area contributed by atoms with Gasteiger partial charge in [-0.1, -0.05) is 24.3 Å². The van der Waals surface area contributed by atoms with Crippen molar-refractivity contribution < 1.29 is 19.3 Å². The molecule has 3 aliphatic rings. The number of Topliss-reactive ketones (excluding diaryl/α,β-unsaturated/α-hetero) is 1. The van der Waals surface area contributed by atoms with E-state index in [0.29, 0.717) is 0 Å². The SMILES string of the molecule is CC(=O)[C@@H]1[C@@H]2C(=O)N(c3ccc([N+](=O)[O-])cc3)C(=O)[C@H]2[C@@H]2c3ccccc3C=NN12. The molecule has 0 unspecified atom stereocenters. The van der Waals surface area contributed by atoms with Gasteiger partial charge in [0.05, 0.1) is 34.7 Å². The number of hydrogen-bond donors (Lipinski definition) is 0. The zero-order valence-corrected chi connectivity index (χ0v) is 15.8. The number of nitro benzene ring substituents is 1.